The van der Waals surface area contributed by atoms with E-state index in [9.17, 15) is 22.0 Å². The van der Waals surface area contributed by atoms with Crippen molar-refractivity contribution in [3.63, 3.8) is 0 Å². The smallest absolute Gasteiger partial charge is 0.196 e. The maximum atomic E-state index is 12.4. The van der Waals surface area contributed by atoms with E-state index in [1.165, 1.54) is 0 Å². The molecule has 92 valence electrons. The molecule has 0 amide bonds. The van der Waals surface area contributed by atoms with Crippen molar-refractivity contribution in [2.24, 2.45) is 0 Å². The molecule has 15 heavy (non-hydrogen) atoms. The van der Waals surface area contributed by atoms with Crippen LogP contribution >= 0.6 is 24.2 Å². The Hall–Kier alpha value is 0.290. The zero-order chi connectivity index (χ0) is 12.1. The minimum atomic E-state index is -5.47. The average Bonchev–Trinajstić information content (AvgIpc) is 2.09. The van der Waals surface area contributed by atoms with Gasteiger partial charge in [0.1, 0.15) is 0 Å². The van der Waals surface area contributed by atoms with Gasteiger partial charge in [-0.05, 0) is 19.3 Å². The quantitative estimate of drug-likeness (QED) is 0.416. The Morgan fingerprint density at radius 1 is 1.07 bits per heavy atom. The Labute approximate surface area is 95.6 Å². The minimum absolute atomic E-state index is 0.271. The van der Waals surface area contributed by atoms with Crippen LogP contribution in [0.25, 0.3) is 0 Å². The van der Waals surface area contributed by atoms with Crippen LogP contribution in [0.1, 0.15) is 25.7 Å². The van der Waals surface area contributed by atoms with Crippen molar-refractivity contribution in [2.75, 3.05) is 5.88 Å². The second kappa shape index (κ2) is 6.13. The van der Waals surface area contributed by atoms with Crippen molar-refractivity contribution in [1.29, 1.82) is 0 Å². The first kappa shape index (κ1) is 15.3. The van der Waals surface area contributed by atoms with Crippen molar-refractivity contribution in [2.45, 2.75) is 43.0 Å². The van der Waals surface area contributed by atoms with Gasteiger partial charge in [0.25, 0.3) is 0 Å². The summed E-state index contributed by atoms with van der Waals surface area (Å²) in [5.74, 6) is -4.26. The van der Waals surface area contributed by atoms with E-state index in [0.29, 0.717) is 18.7 Å². The summed E-state index contributed by atoms with van der Waals surface area (Å²) >= 11 is 9.26. The zero-order valence-electron chi connectivity index (χ0n) is 7.83. The predicted molar refractivity (Wildman–Crippen MR) is 53.0 cm³/mol. The number of alkyl halides is 6. The van der Waals surface area contributed by atoms with E-state index in [1.54, 1.807) is 0 Å². The fourth-order valence-corrected chi connectivity index (χ4v) is 1.41. The van der Waals surface area contributed by atoms with E-state index < -0.39 is 23.8 Å². The van der Waals surface area contributed by atoms with Crippen molar-refractivity contribution in [3.05, 3.63) is 0 Å². The van der Waals surface area contributed by atoms with Gasteiger partial charge < -0.3 is 0 Å². The molecule has 0 aromatic heterocycles. The number of hydrogen-bond acceptors (Lipinski definition) is 1. The van der Waals surface area contributed by atoms with Crippen LogP contribution in [-0.2, 0) is 0 Å². The van der Waals surface area contributed by atoms with Crippen LogP contribution in [0.5, 0.6) is 0 Å². The third-order valence-electron chi connectivity index (χ3n) is 1.88. The molecule has 7 heteroatoms. The van der Waals surface area contributed by atoms with Gasteiger partial charge in [0.2, 0.25) is 0 Å². The first-order valence-electron chi connectivity index (χ1n) is 4.39. The summed E-state index contributed by atoms with van der Waals surface area (Å²) in [5.41, 5.74) is 0. The third-order valence-corrected chi connectivity index (χ3v) is 2.66. The van der Waals surface area contributed by atoms with E-state index in [1.807, 2.05) is 0 Å². The van der Waals surface area contributed by atoms with Gasteiger partial charge in [-0.15, -0.1) is 11.6 Å². The molecule has 0 aromatic carbocycles. The van der Waals surface area contributed by atoms with Crippen molar-refractivity contribution in [1.82, 2.24) is 0 Å². The van der Waals surface area contributed by atoms with Crippen molar-refractivity contribution < 1.29 is 22.0 Å². The third kappa shape index (κ3) is 5.80. The van der Waals surface area contributed by atoms with E-state index >= 15 is 0 Å². The van der Waals surface area contributed by atoms with E-state index in [4.69, 9.17) is 11.6 Å². The molecule has 0 N–H and O–H groups in total. The fourth-order valence-electron chi connectivity index (χ4n) is 0.947. The van der Waals surface area contributed by atoms with Crippen LogP contribution in [0, 0.1) is 0 Å². The molecule has 0 aliphatic carbocycles. The molecule has 0 aliphatic rings. The van der Waals surface area contributed by atoms with Crippen LogP contribution < -0.4 is 0 Å². The number of rotatable bonds is 6. The monoisotopic (exact) mass is 270 g/mol. The maximum Gasteiger partial charge on any atom is 0.453 e. The summed E-state index contributed by atoms with van der Waals surface area (Å²) in [5, 5.41) is -0.461. The predicted octanol–water partition coefficient (Wildman–Crippen LogP) is 4.28. The lowest BCUT2D eigenvalue weighted by Gasteiger charge is -2.20. The highest BCUT2D eigenvalue weighted by Crippen LogP contribution is 2.39. The normalized spacial score (nSPS) is 15.4. The number of halogens is 6. The lowest BCUT2D eigenvalue weighted by Crippen LogP contribution is -2.36. The van der Waals surface area contributed by atoms with Crippen LogP contribution in [0.15, 0.2) is 0 Å². The van der Waals surface area contributed by atoms with E-state index in [0.717, 1.165) is 0 Å². The van der Waals surface area contributed by atoms with Gasteiger partial charge >= 0.3 is 12.1 Å². The van der Waals surface area contributed by atoms with Crippen LogP contribution in [0.2, 0.25) is 0 Å². The molecule has 1 atom stereocenters. The van der Waals surface area contributed by atoms with Gasteiger partial charge in [-0.25, -0.2) is 0 Å². The Balaban J connectivity index is 3.93. The van der Waals surface area contributed by atoms with Gasteiger partial charge in [-0.2, -0.15) is 34.6 Å². The lowest BCUT2D eigenvalue weighted by molar-refractivity contribution is -0.284. The Morgan fingerprint density at radius 2 is 1.60 bits per heavy atom. The highest BCUT2D eigenvalue weighted by Gasteiger charge is 2.56. The first-order valence-corrected chi connectivity index (χ1v) is 5.44. The van der Waals surface area contributed by atoms with Gasteiger partial charge in [0, 0.05) is 17.6 Å². The van der Waals surface area contributed by atoms with Gasteiger partial charge in [-0.1, -0.05) is 0 Å². The molecule has 0 aliphatic heterocycles. The van der Waals surface area contributed by atoms with E-state index in [-0.39, 0.29) is 6.42 Å². The molecule has 0 aromatic rings. The number of thiol groups is 1. The van der Waals surface area contributed by atoms with Crippen LogP contribution in [0.3, 0.4) is 0 Å². The molecule has 0 spiro atoms. The maximum absolute atomic E-state index is 12.4. The lowest BCUT2D eigenvalue weighted by atomic mass is 10.1. The molecule has 0 saturated carbocycles. The van der Waals surface area contributed by atoms with Crippen molar-refractivity contribution >= 4 is 24.2 Å². The molecule has 0 fully saturated rings. The molecule has 1 unspecified atom stereocenters. The molecule has 0 saturated heterocycles. The van der Waals surface area contributed by atoms with Crippen LogP contribution in [0.4, 0.5) is 22.0 Å². The summed E-state index contributed by atoms with van der Waals surface area (Å²) in [7, 11) is 0. The molecule has 0 nitrogen and oxygen atoms in total. The molecule has 0 radical (unpaired) electrons. The van der Waals surface area contributed by atoms with Crippen LogP contribution in [-0.4, -0.2) is 23.2 Å². The summed E-state index contributed by atoms with van der Waals surface area (Å²) in [6, 6.07) is 0. The summed E-state index contributed by atoms with van der Waals surface area (Å²) in [4.78, 5) is 0. The fraction of sp³-hybridized carbons (Fsp3) is 1.00. The molecular formula is C8H12ClF5S. The van der Waals surface area contributed by atoms with E-state index in [2.05, 4.69) is 12.6 Å². The standard InChI is InChI=1S/C8H12ClF5S/c9-5-1-2-6(15)3-4-7(10,11)8(12,13)14/h6,15H,1-5H2. The second-order valence-corrected chi connectivity index (χ2v) is 4.33. The highest BCUT2D eigenvalue weighted by atomic mass is 35.5. The highest BCUT2D eigenvalue weighted by molar-refractivity contribution is 7.80. The Morgan fingerprint density at radius 3 is 2.00 bits per heavy atom. The SMILES string of the molecule is FC(F)(F)C(F)(F)CCC(S)CCCCl. The summed E-state index contributed by atoms with van der Waals surface area (Å²) in [6.45, 7) is 0. The Bertz CT molecular complexity index is 182. The summed E-state index contributed by atoms with van der Waals surface area (Å²) < 4.78 is 60.1. The molecule has 0 heterocycles. The van der Waals surface area contributed by atoms with Gasteiger partial charge in [0.05, 0.1) is 0 Å². The zero-order valence-corrected chi connectivity index (χ0v) is 9.48. The Kier molecular flexibility index (Phi) is 6.25. The first-order chi connectivity index (χ1) is 6.70. The topological polar surface area (TPSA) is 0 Å². The molecular weight excluding hydrogens is 259 g/mol. The molecule has 0 bridgehead atoms. The minimum Gasteiger partial charge on any atom is -0.196 e. The number of hydrogen-bond donors (Lipinski definition) is 1. The van der Waals surface area contributed by atoms with Gasteiger partial charge in [0.15, 0.2) is 0 Å². The molecule has 0 rings (SSSR count). The largest absolute Gasteiger partial charge is 0.453 e. The average molecular weight is 271 g/mol. The summed E-state index contributed by atoms with van der Waals surface area (Å²) in [6.07, 6.45) is -5.94. The van der Waals surface area contributed by atoms with Crippen molar-refractivity contribution in [3.8, 4) is 0 Å². The van der Waals surface area contributed by atoms with Gasteiger partial charge in [-0.3, -0.25) is 0 Å². The second-order valence-electron chi connectivity index (χ2n) is 3.23.